The molecule has 0 aromatic heterocycles. The standard InChI is InChI=1S/C50H93O11P/c1-4-7-10-13-16-19-21-23-25-28-30-33-36-39-48(52)57-43-47(61-50(54)41-38-35-32-29-26-24-22-20-17-14-11-8-5-2)45-59-62(55,56)58-44-46(42-51)60-49(53)40-37-34-31-27-18-15-12-9-6-3/h11,14,20,22,46-47,51H,4-10,12-13,15-19,21,23-45H2,1-3H3,(H,55,56)/b14-11-,22-20-. The summed E-state index contributed by atoms with van der Waals surface area (Å²) in [4.78, 5) is 48.1. The first-order valence-corrected chi connectivity index (χ1v) is 26.7. The Morgan fingerprint density at radius 3 is 1.26 bits per heavy atom. The second-order valence-corrected chi connectivity index (χ2v) is 18.4. The van der Waals surface area contributed by atoms with E-state index in [4.69, 9.17) is 23.3 Å². The third-order valence-electron chi connectivity index (χ3n) is 10.9. The molecule has 11 nitrogen and oxygen atoms in total. The van der Waals surface area contributed by atoms with Gasteiger partial charge in [-0.25, -0.2) is 4.57 Å². The fourth-order valence-corrected chi connectivity index (χ4v) is 7.77. The summed E-state index contributed by atoms with van der Waals surface area (Å²) < 4.78 is 39.2. The molecule has 2 N–H and O–H groups in total. The van der Waals surface area contributed by atoms with Gasteiger partial charge in [0, 0.05) is 19.3 Å². The minimum atomic E-state index is -4.73. The van der Waals surface area contributed by atoms with Gasteiger partial charge >= 0.3 is 25.7 Å². The fourth-order valence-electron chi connectivity index (χ4n) is 6.98. The lowest BCUT2D eigenvalue weighted by Crippen LogP contribution is -2.30. The number of carbonyl (C=O) groups excluding carboxylic acids is 3. The van der Waals surface area contributed by atoms with Crippen molar-refractivity contribution in [3.8, 4) is 0 Å². The zero-order valence-corrected chi connectivity index (χ0v) is 40.7. The molecule has 0 aliphatic rings. The van der Waals surface area contributed by atoms with E-state index in [-0.39, 0.29) is 25.9 Å². The number of ether oxygens (including phenoxy) is 3. The topological polar surface area (TPSA) is 155 Å². The fraction of sp³-hybridized carbons (Fsp3) is 0.860. The number of phosphoric acid groups is 1. The summed E-state index contributed by atoms with van der Waals surface area (Å²) in [7, 11) is -4.73. The Hall–Kier alpha value is -2.04. The Balaban J connectivity index is 4.75. The summed E-state index contributed by atoms with van der Waals surface area (Å²) in [6.45, 7) is 4.54. The third-order valence-corrected chi connectivity index (χ3v) is 11.8. The minimum Gasteiger partial charge on any atom is -0.462 e. The first-order chi connectivity index (χ1) is 30.2. The number of carbonyl (C=O) groups is 3. The molecule has 0 bridgehead atoms. The predicted octanol–water partition coefficient (Wildman–Crippen LogP) is 13.9. The van der Waals surface area contributed by atoms with Gasteiger partial charge in [0.15, 0.2) is 6.10 Å². The Morgan fingerprint density at radius 1 is 0.452 bits per heavy atom. The van der Waals surface area contributed by atoms with Crippen LogP contribution in [0.5, 0.6) is 0 Å². The summed E-state index contributed by atoms with van der Waals surface area (Å²) in [5, 5.41) is 9.73. The molecular formula is C50H93O11P. The van der Waals surface area contributed by atoms with Crippen LogP contribution in [0.2, 0.25) is 0 Å². The quantitative estimate of drug-likeness (QED) is 0.0197. The first-order valence-electron chi connectivity index (χ1n) is 25.2. The lowest BCUT2D eigenvalue weighted by molar-refractivity contribution is -0.161. The Kier molecular flexibility index (Phi) is 44.0. The maximum atomic E-state index is 12.8. The molecule has 62 heavy (non-hydrogen) atoms. The number of unbranched alkanes of at least 4 members (excludes halogenated alkanes) is 26. The maximum Gasteiger partial charge on any atom is 0.472 e. The Morgan fingerprint density at radius 2 is 0.823 bits per heavy atom. The number of aliphatic hydroxyl groups excluding tert-OH is 1. The van der Waals surface area contributed by atoms with Crippen LogP contribution in [0.15, 0.2) is 24.3 Å². The molecule has 0 rings (SSSR count). The smallest absolute Gasteiger partial charge is 0.462 e. The van der Waals surface area contributed by atoms with Gasteiger partial charge in [0.05, 0.1) is 19.8 Å². The zero-order valence-electron chi connectivity index (χ0n) is 39.9. The Bertz CT molecular complexity index is 1140. The van der Waals surface area contributed by atoms with Gasteiger partial charge in [-0.1, -0.05) is 199 Å². The molecule has 3 unspecified atom stereocenters. The highest BCUT2D eigenvalue weighted by Crippen LogP contribution is 2.43. The van der Waals surface area contributed by atoms with Crippen molar-refractivity contribution in [2.45, 2.75) is 251 Å². The highest BCUT2D eigenvalue weighted by Gasteiger charge is 2.28. The van der Waals surface area contributed by atoms with E-state index in [9.17, 15) is 28.9 Å². The molecule has 0 aromatic rings. The molecule has 12 heteroatoms. The lowest BCUT2D eigenvalue weighted by atomic mass is 10.0. The van der Waals surface area contributed by atoms with Gasteiger partial charge < -0.3 is 24.2 Å². The van der Waals surface area contributed by atoms with Crippen molar-refractivity contribution in [2.24, 2.45) is 0 Å². The predicted molar refractivity (Wildman–Crippen MR) is 252 cm³/mol. The van der Waals surface area contributed by atoms with Crippen molar-refractivity contribution in [3.63, 3.8) is 0 Å². The normalized spacial score (nSPS) is 13.7. The van der Waals surface area contributed by atoms with Gasteiger partial charge in [0.25, 0.3) is 0 Å². The Labute approximate surface area is 378 Å². The molecule has 0 saturated heterocycles. The number of hydrogen-bond donors (Lipinski definition) is 2. The summed E-state index contributed by atoms with van der Waals surface area (Å²) in [5.41, 5.74) is 0. The molecule has 0 aromatic carbocycles. The average Bonchev–Trinajstić information content (AvgIpc) is 3.25. The SMILES string of the molecule is CCC/C=C\C/C=C\CCCCCCCC(=O)OC(COC(=O)CCCCCCCCCCCCCCC)COP(=O)(O)OCC(CO)OC(=O)CCCCCCCCCCC. The van der Waals surface area contributed by atoms with Gasteiger partial charge in [-0.2, -0.15) is 0 Å². The van der Waals surface area contributed by atoms with Crippen LogP contribution < -0.4 is 0 Å². The first kappa shape index (κ1) is 60.0. The minimum absolute atomic E-state index is 0.156. The van der Waals surface area contributed by atoms with Crippen LogP contribution in [0.4, 0.5) is 0 Å². The molecule has 0 aliphatic heterocycles. The van der Waals surface area contributed by atoms with Crippen molar-refractivity contribution in [3.05, 3.63) is 24.3 Å². The highest BCUT2D eigenvalue weighted by molar-refractivity contribution is 7.47. The van der Waals surface area contributed by atoms with E-state index in [1.54, 1.807) is 0 Å². The van der Waals surface area contributed by atoms with Crippen molar-refractivity contribution in [2.75, 3.05) is 26.4 Å². The molecule has 3 atom stereocenters. The van der Waals surface area contributed by atoms with Gasteiger partial charge in [0.2, 0.25) is 0 Å². The van der Waals surface area contributed by atoms with Crippen LogP contribution in [0, 0.1) is 0 Å². The molecular weight excluding hydrogens is 808 g/mol. The van der Waals surface area contributed by atoms with Gasteiger partial charge in [0.1, 0.15) is 12.7 Å². The molecule has 0 radical (unpaired) electrons. The molecule has 0 heterocycles. The second-order valence-electron chi connectivity index (χ2n) is 17.0. The zero-order chi connectivity index (χ0) is 45.6. The van der Waals surface area contributed by atoms with E-state index in [0.717, 1.165) is 83.5 Å². The van der Waals surface area contributed by atoms with E-state index < -0.39 is 57.8 Å². The molecule has 0 amide bonds. The van der Waals surface area contributed by atoms with Gasteiger partial charge in [-0.3, -0.25) is 23.4 Å². The number of hydrogen-bond acceptors (Lipinski definition) is 10. The van der Waals surface area contributed by atoms with Crippen LogP contribution in [-0.4, -0.2) is 66.5 Å². The van der Waals surface area contributed by atoms with Crippen molar-refractivity contribution in [1.29, 1.82) is 0 Å². The number of esters is 3. The van der Waals surface area contributed by atoms with E-state index in [2.05, 4.69) is 45.1 Å². The highest BCUT2D eigenvalue weighted by atomic mass is 31.2. The summed E-state index contributed by atoms with van der Waals surface area (Å²) in [6, 6.07) is 0. The van der Waals surface area contributed by atoms with Crippen LogP contribution >= 0.6 is 7.82 Å². The molecule has 0 fully saturated rings. The molecule has 364 valence electrons. The summed E-state index contributed by atoms with van der Waals surface area (Å²) >= 11 is 0. The van der Waals surface area contributed by atoms with Crippen molar-refractivity contribution < 1.29 is 52.2 Å². The number of phosphoric ester groups is 1. The molecule has 0 spiro atoms. The van der Waals surface area contributed by atoms with Crippen LogP contribution in [0.1, 0.15) is 239 Å². The van der Waals surface area contributed by atoms with E-state index >= 15 is 0 Å². The van der Waals surface area contributed by atoms with Gasteiger partial charge in [-0.05, 0) is 44.9 Å². The van der Waals surface area contributed by atoms with E-state index in [0.29, 0.717) is 19.3 Å². The van der Waals surface area contributed by atoms with Crippen molar-refractivity contribution in [1.82, 2.24) is 0 Å². The summed E-state index contributed by atoms with van der Waals surface area (Å²) in [6.07, 6.45) is 41.5. The monoisotopic (exact) mass is 901 g/mol. The van der Waals surface area contributed by atoms with E-state index in [1.807, 2.05) is 0 Å². The summed E-state index contributed by atoms with van der Waals surface area (Å²) in [5.74, 6) is -1.47. The number of rotatable bonds is 47. The third kappa shape index (κ3) is 43.2. The maximum absolute atomic E-state index is 12.8. The van der Waals surface area contributed by atoms with Crippen LogP contribution in [-0.2, 0) is 42.2 Å². The molecule has 0 saturated carbocycles. The number of aliphatic hydroxyl groups is 1. The lowest BCUT2D eigenvalue weighted by Gasteiger charge is -2.21. The second kappa shape index (κ2) is 45.5. The molecule has 0 aliphatic carbocycles. The van der Waals surface area contributed by atoms with E-state index in [1.165, 1.54) is 96.3 Å². The van der Waals surface area contributed by atoms with Crippen molar-refractivity contribution >= 4 is 25.7 Å². The van der Waals surface area contributed by atoms with Gasteiger partial charge in [-0.15, -0.1) is 0 Å². The average molecular weight is 901 g/mol. The largest absolute Gasteiger partial charge is 0.472 e. The van der Waals surface area contributed by atoms with Crippen LogP contribution in [0.3, 0.4) is 0 Å². The van der Waals surface area contributed by atoms with Crippen LogP contribution in [0.25, 0.3) is 0 Å². The number of allylic oxidation sites excluding steroid dienone is 4.